The average Bonchev–Trinajstić information content (AvgIpc) is 3.09. The number of rotatable bonds is 7. The van der Waals surface area contributed by atoms with Gasteiger partial charge in [-0.2, -0.15) is 0 Å². The number of nitrogens with zero attached hydrogens (tertiary/aromatic N) is 4. The summed E-state index contributed by atoms with van der Waals surface area (Å²) in [6, 6.07) is 47.6. The molecule has 218 valence electrons. The first-order valence-electron chi connectivity index (χ1n) is 13.9. The van der Waals surface area contributed by atoms with Gasteiger partial charge in [-0.3, -0.25) is 0 Å². The standard InChI is InChI=1S/C22H19ClN2S.C16H14N2/c1-25(20-10-6-3-7-11-20)22(24-19-8-4-2-5-9-19)16-17-26-21-14-12-18(23)13-15-21;1-3-16(17-14-10-6-4-7-11-14)18(2)15-12-8-5-9-13-15/h2-17H,1H3;1,4-13H,2H3/b17-16+,24-22+;17-16+. The summed E-state index contributed by atoms with van der Waals surface area (Å²) in [7, 11) is 3.94. The molecule has 4 nitrogen and oxygen atoms in total. The molecule has 0 fully saturated rings. The van der Waals surface area contributed by atoms with Crippen LogP contribution in [-0.4, -0.2) is 25.8 Å². The maximum absolute atomic E-state index is 5.94. The van der Waals surface area contributed by atoms with Crippen molar-refractivity contribution >= 4 is 57.8 Å². The average molecular weight is 613 g/mol. The molecule has 6 heteroatoms. The van der Waals surface area contributed by atoms with Crippen molar-refractivity contribution in [2.24, 2.45) is 9.98 Å². The maximum atomic E-state index is 5.94. The largest absolute Gasteiger partial charge is 0.329 e. The quantitative estimate of drug-likeness (QED) is 0.0793. The van der Waals surface area contributed by atoms with E-state index < -0.39 is 0 Å². The molecule has 5 aromatic carbocycles. The molecule has 5 rings (SSSR count). The van der Waals surface area contributed by atoms with Gasteiger partial charge in [0.05, 0.1) is 11.4 Å². The van der Waals surface area contributed by atoms with Gasteiger partial charge in [0.1, 0.15) is 5.84 Å². The lowest BCUT2D eigenvalue weighted by molar-refractivity contribution is 1.26. The highest BCUT2D eigenvalue weighted by molar-refractivity contribution is 8.02. The van der Waals surface area contributed by atoms with Crippen LogP contribution in [0.2, 0.25) is 5.02 Å². The second kappa shape index (κ2) is 17.2. The SMILES string of the molecule is C#C/C(=N\c1ccccc1)N(C)c1ccccc1.CN(C(/C=C/Sc1ccc(Cl)cc1)=N/c1ccccc1)c1ccccc1. The molecule has 0 heterocycles. The summed E-state index contributed by atoms with van der Waals surface area (Å²) in [6.45, 7) is 0. The Morgan fingerprint density at radius 2 is 1.09 bits per heavy atom. The summed E-state index contributed by atoms with van der Waals surface area (Å²) in [4.78, 5) is 14.4. The van der Waals surface area contributed by atoms with Crippen molar-refractivity contribution in [1.82, 2.24) is 0 Å². The van der Waals surface area contributed by atoms with Gasteiger partial charge in [0.2, 0.25) is 0 Å². The number of amidine groups is 2. The molecule has 0 radical (unpaired) electrons. The molecule has 0 saturated carbocycles. The molecule has 0 aliphatic heterocycles. The van der Waals surface area contributed by atoms with Crippen molar-refractivity contribution in [3.05, 3.63) is 162 Å². The lowest BCUT2D eigenvalue weighted by atomic mass is 10.3. The molecule has 0 aliphatic carbocycles. The van der Waals surface area contributed by atoms with Gasteiger partial charge in [-0.1, -0.05) is 96.2 Å². The van der Waals surface area contributed by atoms with E-state index in [1.807, 2.05) is 164 Å². The van der Waals surface area contributed by atoms with Gasteiger partial charge in [0.25, 0.3) is 0 Å². The number of thioether (sulfide) groups is 1. The first-order chi connectivity index (χ1) is 21.5. The van der Waals surface area contributed by atoms with E-state index in [1.165, 1.54) is 0 Å². The van der Waals surface area contributed by atoms with Gasteiger partial charge in [0, 0.05) is 35.4 Å². The van der Waals surface area contributed by atoms with Crippen molar-refractivity contribution in [2.45, 2.75) is 4.90 Å². The van der Waals surface area contributed by atoms with Crippen molar-refractivity contribution < 1.29 is 0 Å². The minimum absolute atomic E-state index is 0.590. The van der Waals surface area contributed by atoms with Crippen molar-refractivity contribution in [1.29, 1.82) is 0 Å². The first-order valence-corrected chi connectivity index (χ1v) is 15.2. The lowest BCUT2D eigenvalue weighted by Crippen LogP contribution is -2.24. The normalized spacial score (nSPS) is 11.3. The Kier molecular flexibility index (Phi) is 12.5. The van der Waals surface area contributed by atoms with Crippen molar-refractivity contribution in [3.63, 3.8) is 0 Å². The number of halogens is 1. The van der Waals surface area contributed by atoms with Crippen LogP contribution in [0.1, 0.15) is 0 Å². The number of likely N-dealkylation sites (N-methyl/N-ethyl adjacent to an activating group) is 1. The van der Waals surface area contributed by atoms with E-state index in [0.29, 0.717) is 5.84 Å². The summed E-state index contributed by atoms with van der Waals surface area (Å²) in [5.41, 5.74) is 3.88. The highest BCUT2D eigenvalue weighted by Gasteiger charge is 2.07. The summed E-state index contributed by atoms with van der Waals surface area (Å²) < 4.78 is 0. The highest BCUT2D eigenvalue weighted by Crippen LogP contribution is 2.23. The molecule has 0 spiro atoms. The number of hydrogen-bond acceptors (Lipinski definition) is 3. The van der Waals surface area contributed by atoms with E-state index in [0.717, 1.165) is 38.5 Å². The Bertz CT molecular complexity index is 1700. The Morgan fingerprint density at radius 1 is 0.636 bits per heavy atom. The molecule has 0 saturated heterocycles. The van der Waals surface area contributed by atoms with Crippen LogP contribution in [0.15, 0.2) is 172 Å². The monoisotopic (exact) mass is 612 g/mol. The van der Waals surface area contributed by atoms with E-state index >= 15 is 0 Å². The second-order valence-electron chi connectivity index (χ2n) is 9.38. The summed E-state index contributed by atoms with van der Waals surface area (Å²) in [5, 5.41) is 2.79. The van der Waals surface area contributed by atoms with Crippen LogP contribution in [0.25, 0.3) is 0 Å². The highest BCUT2D eigenvalue weighted by atomic mass is 35.5. The van der Waals surface area contributed by atoms with Crippen molar-refractivity contribution in [3.8, 4) is 12.3 Å². The third-order valence-corrected chi connectivity index (χ3v) is 7.37. The molecular formula is C38H33ClN4S. The third-order valence-electron chi connectivity index (χ3n) is 6.30. The molecule has 0 bridgehead atoms. The molecule has 0 N–H and O–H groups in total. The molecule has 0 aromatic heterocycles. The second-order valence-corrected chi connectivity index (χ2v) is 10.8. The van der Waals surface area contributed by atoms with E-state index in [9.17, 15) is 0 Å². The zero-order valence-corrected chi connectivity index (χ0v) is 26.2. The van der Waals surface area contributed by atoms with Gasteiger partial charge < -0.3 is 9.80 Å². The molecular weight excluding hydrogens is 580 g/mol. The van der Waals surface area contributed by atoms with E-state index in [1.54, 1.807) is 11.8 Å². The summed E-state index contributed by atoms with van der Waals surface area (Å²) >= 11 is 7.58. The Balaban J connectivity index is 0.000000215. The molecule has 0 atom stereocenters. The number of hydrogen-bond donors (Lipinski definition) is 0. The Hall–Kier alpha value is -5.02. The predicted molar refractivity (Wildman–Crippen MR) is 192 cm³/mol. The van der Waals surface area contributed by atoms with Crippen LogP contribution in [-0.2, 0) is 0 Å². The van der Waals surface area contributed by atoms with Gasteiger partial charge >= 0.3 is 0 Å². The number of aliphatic imine (C=N–C) groups is 2. The Labute approximate surface area is 270 Å². The number of benzene rings is 5. The van der Waals surface area contributed by atoms with E-state index in [4.69, 9.17) is 23.0 Å². The fraction of sp³-hybridized carbons (Fsp3) is 0.0526. The number of para-hydroxylation sites is 4. The Morgan fingerprint density at radius 3 is 1.59 bits per heavy atom. The lowest BCUT2D eigenvalue weighted by Gasteiger charge is -2.19. The topological polar surface area (TPSA) is 31.2 Å². The third kappa shape index (κ3) is 10.1. The van der Waals surface area contributed by atoms with Crippen LogP contribution >= 0.6 is 23.4 Å². The van der Waals surface area contributed by atoms with Crippen LogP contribution in [0, 0.1) is 12.3 Å². The van der Waals surface area contributed by atoms with E-state index in [-0.39, 0.29) is 0 Å². The fourth-order valence-corrected chi connectivity index (χ4v) is 4.70. The summed E-state index contributed by atoms with van der Waals surface area (Å²) in [5.74, 6) is 4.08. The minimum atomic E-state index is 0.590. The van der Waals surface area contributed by atoms with Crippen molar-refractivity contribution in [2.75, 3.05) is 23.9 Å². The van der Waals surface area contributed by atoms with Gasteiger partial charge in [-0.25, -0.2) is 9.98 Å². The van der Waals surface area contributed by atoms with Gasteiger partial charge in [-0.05, 0) is 90.2 Å². The fourth-order valence-electron chi connectivity index (χ4n) is 3.93. The molecule has 5 aromatic rings. The molecule has 0 aliphatic rings. The number of anilines is 2. The van der Waals surface area contributed by atoms with Crippen LogP contribution in [0.5, 0.6) is 0 Å². The smallest absolute Gasteiger partial charge is 0.185 e. The van der Waals surface area contributed by atoms with Gasteiger partial charge in [0.15, 0.2) is 5.84 Å². The minimum Gasteiger partial charge on any atom is -0.329 e. The number of terminal acetylenes is 1. The van der Waals surface area contributed by atoms with Crippen LogP contribution in [0.4, 0.5) is 22.7 Å². The summed E-state index contributed by atoms with van der Waals surface area (Å²) in [6.07, 6.45) is 7.56. The van der Waals surface area contributed by atoms with Crippen LogP contribution in [0.3, 0.4) is 0 Å². The van der Waals surface area contributed by atoms with Crippen LogP contribution < -0.4 is 9.80 Å². The molecule has 44 heavy (non-hydrogen) atoms. The zero-order chi connectivity index (χ0) is 31.0. The predicted octanol–water partition coefficient (Wildman–Crippen LogP) is 10.3. The molecule has 0 amide bonds. The van der Waals surface area contributed by atoms with Gasteiger partial charge in [-0.15, -0.1) is 6.42 Å². The first kappa shape index (κ1) is 31.9. The van der Waals surface area contributed by atoms with E-state index in [2.05, 4.69) is 27.9 Å². The molecule has 0 unspecified atom stereocenters. The zero-order valence-electron chi connectivity index (χ0n) is 24.7. The maximum Gasteiger partial charge on any atom is 0.185 e.